The minimum absolute atomic E-state index is 0.0994. The zero-order valence-electron chi connectivity index (χ0n) is 21.8. The Balaban J connectivity index is 1.41. The molecule has 5 rings (SSSR count). The molecule has 0 aliphatic carbocycles. The summed E-state index contributed by atoms with van der Waals surface area (Å²) in [6.45, 7) is 4.91. The first-order valence-electron chi connectivity index (χ1n) is 12.6. The van der Waals surface area contributed by atoms with Gasteiger partial charge in [-0.2, -0.15) is 10.2 Å². The number of nitrogens with one attached hydrogen (secondary N) is 2. The summed E-state index contributed by atoms with van der Waals surface area (Å²) < 4.78 is 8.80. The van der Waals surface area contributed by atoms with E-state index >= 15 is 0 Å². The Kier molecular flexibility index (Phi) is 7.78. The molecule has 10 heteroatoms. The van der Waals surface area contributed by atoms with E-state index in [-0.39, 0.29) is 18.0 Å². The Morgan fingerprint density at radius 1 is 1.16 bits per heavy atom. The Hall–Kier alpha value is -3.66. The number of methoxy groups -OCH3 is 1. The summed E-state index contributed by atoms with van der Waals surface area (Å²) in [6.07, 6.45) is 3.69. The van der Waals surface area contributed by atoms with Crippen molar-refractivity contribution in [2.24, 2.45) is 7.05 Å². The number of hydrogen-bond donors (Lipinski definition) is 2. The number of halogens is 1. The minimum Gasteiger partial charge on any atom is -0.383 e. The van der Waals surface area contributed by atoms with Crippen LogP contribution < -0.4 is 10.6 Å². The molecule has 1 fully saturated rings. The third-order valence-corrected chi connectivity index (χ3v) is 7.17. The van der Waals surface area contributed by atoms with Gasteiger partial charge in [-0.3, -0.25) is 14.9 Å². The van der Waals surface area contributed by atoms with Crippen molar-refractivity contribution in [3.63, 3.8) is 0 Å². The second-order valence-corrected chi connectivity index (χ2v) is 10.0. The van der Waals surface area contributed by atoms with Gasteiger partial charge in [0.05, 0.1) is 24.5 Å². The first-order valence-corrected chi connectivity index (χ1v) is 13.0. The molecule has 38 heavy (non-hydrogen) atoms. The first kappa shape index (κ1) is 26.0. The number of nitrogens with zero attached hydrogens (tertiary/aromatic N) is 5. The van der Waals surface area contributed by atoms with Crippen molar-refractivity contribution < 1.29 is 9.53 Å². The van der Waals surface area contributed by atoms with Crippen LogP contribution in [0.3, 0.4) is 0 Å². The second kappa shape index (κ2) is 11.4. The number of carbonyl (C=O) groups is 1. The third-order valence-electron chi connectivity index (χ3n) is 6.93. The number of anilines is 1. The Bertz CT molecular complexity index is 1400. The van der Waals surface area contributed by atoms with Crippen LogP contribution in [0.15, 0.2) is 67.0 Å². The fraction of sp³-hybridized carbons (Fsp3) is 0.321. The molecule has 0 bridgehead atoms. The number of aryl methyl sites for hydroxylation is 1. The van der Waals surface area contributed by atoms with Crippen molar-refractivity contribution in [2.75, 3.05) is 38.7 Å². The maximum Gasteiger partial charge on any atom is 0.320 e. The summed E-state index contributed by atoms with van der Waals surface area (Å²) in [7, 11) is 3.57. The van der Waals surface area contributed by atoms with Crippen molar-refractivity contribution in [2.45, 2.75) is 18.9 Å². The molecule has 1 aliphatic heterocycles. The SMILES string of the molecule is COCCN1C[C@@H](NC(=O)Nc2c(C)c(-c3cnn(C)c3)nn2-c2ccccc2)[C@H](c2cccc(Cl)c2)C1. The average Bonchev–Trinajstić information content (AvgIpc) is 3.61. The fourth-order valence-electron chi connectivity index (χ4n) is 5.04. The number of rotatable bonds is 8. The number of hydrogen-bond acceptors (Lipinski definition) is 5. The van der Waals surface area contributed by atoms with E-state index in [1.807, 2.05) is 68.7 Å². The summed E-state index contributed by atoms with van der Waals surface area (Å²) >= 11 is 6.30. The van der Waals surface area contributed by atoms with E-state index in [0.29, 0.717) is 24.0 Å². The van der Waals surface area contributed by atoms with Crippen molar-refractivity contribution in [3.05, 3.63) is 83.1 Å². The smallest absolute Gasteiger partial charge is 0.320 e. The minimum atomic E-state index is -0.284. The fourth-order valence-corrected chi connectivity index (χ4v) is 5.24. The normalized spacial score (nSPS) is 17.6. The quantitative estimate of drug-likeness (QED) is 0.349. The highest BCUT2D eigenvalue weighted by Gasteiger charge is 2.35. The zero-order chi connectivity index (χ0) is 26.6. The van der Waals surface area contributed by atoms with Crippen LogP contribution >= 0.6 is 11.6 Å². The van der Waals surface area contributed by atoms with Crippen LogP contribution in [-0.2, 0) is 11.8 Å². The molecule has 1 aliphatic rings. The number of amides is 2. The number of ether oxygens (including phenoxy) is 1. The number of benzene rings is 2. The van der Waals surface area contributed by atoms with Gasteiger partial charge in [0.25, 0.3) is 0 Å². The second-order valence-electron chi connectivity index (χ2n) is 9.59. The van der Waals surface area contributed by atoms with Gasteiger partial charge >= 0.3 is 6.03 Å². The summed E-state index contributed by atoms with van der Waals surface area (Å²) in [5.41, 5.74) is 4.46. The van der Waals surface area contributed by atoms with Crippen LogP contribution in [0.25, 0.3) is 16.9 Å². The van der Waals surface area contributed by atoms with E-state index < -0.39 is 0 Å². The van der Waals surface area contributed by atoms with Gasteiger partial charge in [-0.25, -0.2) is 9.48 Å². The van der Waals surface area contributed by atoms with E-state index in [4.69, 9.17) is 21.4 Å². The molecular formula is C28H32ClN7O2. The van der Waals surface area contributed by atoms with Gasteiger partial charge in [0.2, 0.25) is 0 Å². The van der Waals surface area contributed by atoms with Gasteiger partial charge in [-0.15, -0.1) is 0 Å². The van der Waals surface area contributed by atoms with E-state index in [1.54, 1.807) is 22.7 Å². The maximum atomic E-state index is 13.5. The lowest BCUT2D eigenvalue weighted by Crippen LogP contribution is -2.42. The molecule has 0 spiro atoms. The molecule has 198 valence electrons. The summed E-state index contributed by atoms with van der Waals surface area (Å²) in [4.78, 5) is 15.8. The highest BCUT2D eigenvalue weighted by molar-refractivity contribution is 6.30. The molecule has 3 heterocycles. The molecule has 2 aromatic carbocycles. The van der Waals surface area contributed by atoms with Gasteiger partial charge in [-0.1, -0.05) is 41.9 Å². The standard InChI is InChI=1S/C28H32ClN7O2/c1-19-26(21-15-30-34(2)16-21)33-36(23-10-5-4-6-11-23)27(19)32-28(37)31-25-18-35(12-13-38-3)17-24(25)20-8-7-9-22(29)14-20/h4-11,14-16,24-25H,12-13,17-18H2,1-3H3,(H2,31,32,37)/t24-,25+/m0/s1. The van der Waals surface area contributed by atoms with E-state index in [2.05, 4.69) is 26.7 Å². The largest absolute Gasteiger partial charge is 0.383 e. The lowest BCUT2D eigenvalue weighted by atomic mass is 9.94. The lowest BCUT2D eigenvalue weighted by molar-refractivity contribution is 0.159. The molecule has 2 N–H and O–H groups in total. The van der Waals surface area contributed by atoms with E-state index in [0.717, 1.165) is 41.2 Å². The van der Waals surface area contributed by atoms with E-state index in [9.17, 15) is 4.79 Å². The maximum absolute atomic E-state index is 13.5. The van der Waals surface area contributed by atoms with Crippen molar-refractivity contribution in [3.8, 4) is 16.9 Å². The topological polar surface area (TPSA) is 89.2 Å². The van der Waals surface area contributed by atoms with Gasteiger partial charge in [-0.05, 0) is 36.8 Å². The van der Waals surface area contributed by atoms with Gasteiger partial charge < -0.3 is 10.1 Å². The molecular weight excluding hydrogens is 502 g/mol. The number of likely N-dealkylation sites (tertiary alicyclic amines) is 1. The van der Waals surface area contributed by atoms with Crippen LogP contribution in [0.1, 0.15) is 17.0 Å². The molecule has 4 aromatic rings. The van der Waals surface area contributed by atoms with E-state index in [1.165, 1.54) is 0 Å². The van der Waals surface area contributed by atoms with Crippen LogP contribution in [0.4, 0.5) is 10.6 Å². The first-order chi connectivity index (χ1) is 18.4. The predicted molar refractivity (Wildman–Crippen MR) is 149 cm³/mol. The Morgan fingerprint density at radius 2 is 1.97 bits per heavy atom. The molecule has 0 unspecified atom stereocenters. The van der Waals surface area contributed by atoms with Crippen molar-refractivity contribution >= 4 is 23.4 Å². The number of carbonyl (C=O) groups excluding carboxylic acids is 1. The summed E-state index contributed by atoms with van der Waals surface area (Å²) in [6, 6.07) is 17.2. The zero-order valence-corrected chi connectivity index (χ0v) is 22.5. The predicted octanol–water partition coefficient (Wildman–Crippen LogP) is 4.47. The molecule has 0 saturated carbocycles. The number of aromatic nitrogens is 4. The number of para-hydroxylation sites is 1. The van der Waals surface area contributed by atoms with Crippen LogP contribution in [0.2, 0.25) is 5.02 Å². The highest BCUT2D eigenvalue weighted by Crippen LogP contribution is 2.32. The monoisotopic (exact) mass is 533 g/mol. The van der Waals surface area contributed by atoms with Gasteiger partial charge in [0, 0.05) is 62.1 Å². The van der Waals surface area contributed by atoms with Crippen LogP contribution in [0, 0.1) is 6.92 Å². The summed E-state index contributed by atoms with van der Waals surface area (Å²) in [5, 5.41) is 16.2. The molecule has 2 amide bonds. The van der Waals surface area contributed by atoms with Crippen molar-refractivity contribution in [1.82, 2.24) is 29.8 Å². The average molecular weight is 534 g/mol. The van der Waals surface area contributed by atoms with Gasteiger partial charge in [0.1, 0.15) is 11.5 Å². The van der Waals surface area contributed by atoms with Crippen LogP contribution in [0.5, 0.6) is 0 Å². The molecule has 2 aromatic heterocycles. The third kappa shape index (κ3) is 5.60. The molecule has 2 atom stereocenters. The Labute approximate surface area is 227 Å². The molecule has 1 saturated heterocycles. The van der Waals surface area contributed by atoms with Gasteiger partial charge in [0.15, 0.2) is 0 Å². The summed E-state index contributed by atoms with van der Waals surface area (Å²) in [5.74, 6) is 0.712. The molecule has 9 nitrogen and oxygen atoms in total. The highest BCUT2D eigenvalue weighted by atomic mass is 35.5. The number of urea groups is 1. The molecule has 0 radical (unpaired) electrons. The van der Waals surface area contributed by atoms with Crippen LogP contribution in [-0.4, -0.2) is 69.9 Å². The Morgan fingerprint density at radius 3 is 2.68 bits per heavy atom. The lowest BCUT2D eigenvalue weighted by Gasteiger charge is -2.21. The van der Waals surface area contributed by atoms with Crippen molar-refractivity contribution in [1.29, 1.82) is 0 Å².